The molecule has 1 nitrogen and oxygen atoms in total. The van der Waals surface area contributed by atoms with E-state index in [0.29, 0.717) is 0 Å². The topological polar surface area (TPSA) is 12.9 Å². The minimum atomic E-state index is 1.06. The summed E-state index contributed by atoms with van der Waals surface area (Å²) in [5.41, 5.74) is 6.41. The van der Waals surface area contributed by atoms with Gasteiger partial charge in [0.25, 0.3) is 0 Å². The first-order valence-electron chi connectivity index (χ1n) is 8.20. The Kier molecular flexibility index (Phi) is 4.24. The van der Waals surface area contributed by atoms with Crippen LogP contribution in [0.2, 0.25) is 0 Å². The molecule has 0 amide bonds. The van der Waals surface area contributed by atoms with Crippen LogP contribution in [0, 0.1) is 6.92 Å². The van der Waals surface area contributed by atoms with Gasteiger partial charge in [-0.25, -0.2) is 0 Å². The standard InChI is InChI=1S/C21H23N/c1-4-6-17-7-8-20-18(14-17)9-10-22-21(20)19-12-15(3)11-16(5-2)13-19/h7-14H,4-6H2,1-3H3. The van der Waals surface area contributed by atoms with E-state index in [0.717, 1.165) is 18.5 Å². The van der Waals surface area contributed by atoms with Crippen LogP contribution in [-0.2, 0) is 12.8 Å². The SMILES string of the molecule is CCCc1ccc2c(-c3cc(C)cc(CC)c3)nccc2c1. The van der Waals surface area contributed by atoms with Gasteiger partial charge in [0.1, 0.15) is 0 Å². The molecule has 3 rings (SSSR count). The van der Waals surface area contributed by atoms with Gasteiger partial charge in [0.05, 0.1) is 5.69 Å². The Morgan fingerprint density at radius 2 is 1.77 bits per heavy atom. The summed E-state index contributed by atoms with van der Waals surface area (Å²) < 4.78 is 0. The van der Waals surface area contributed by atoms with Crippen molar-refractivity contribution < 1.29 is 0 Å². The van der Waals surface area contributed by atoms with Crippen molar-refractivity contribution in [3.8, 4) is 11.3 Å². The Hall–Kier alpha value is -2.15. The molecule has 0 saturated carbocycles. The maximum absolute atomic E-state index is 4.67. The largest absolute Gasteiger partial charge is 0.256 e. The van der Waals surface area contributed by atoms with Gasteiger partial charge in [0.2, 0.25) is 0 Å². The highest BCUT2D eigenvalue weighted by Crippen LogP contribution is 2.29. The summed E-state index contributed by atoms with van der Waals surface area (Å²) in [6.45, 7) is 6.58. The highest BCUT2D eigenvalue weighted by Gasteiger charge is 2.07. The minimum Gasteiger partial charge on any atom is -0.256 e. The van der Waals surface area contributed by atoms with Crippen molar-refractivity contribution in [1.29, 1.82) is 0 Å². The molecule has 22 heavy (non-hydrogen) atoms. The van der Waals surface area contributed by atoms with Gasteiger partial charge in [0, 0.05) is 17.1 Å². The molecule has 0 atom stereocenters. The zero-order chi connectivity index (χ0) is 15.5. The average Bonchev–Trinajstić information content (AvgIpc) is 2.53. The second kappa shape index (κ2) is 6.31. The molecule has 0 aliphatic carbocycles. The molecule has 1 heteroatoms. The molecule has 0 spiro atoms. The molecule has 3 aromatic rings. The summed E-state index contributed by atoms with van der Waals surface area (Å²) in [4.78, 5) is 4.67. The van der Waals surface area contributed by atoms with Crippen LogP contribution in [0.5, 0.6) is 0 Å². The van der Waals surface area contributed by atoms with Crippen LogP contribution in [0.15, 0.2) is 48.7 Å². The average molecular weight is 289 g/mol. The van der Waals surface area contributed by atoms with E-state index in [2.05, 4.69) is 68.2 Å². The van der Waals surface area contributed by atoms with Crippen molar-refractivity contribution >= 4 is 10.8 Å². The molecule has 1 heterocycles. The van der Waals surface area contributed by atoms with Gasteiger partial charge in [-0.2, -0.15) is 0 Å². The van der Waals surface area contributed by atoms with E-state index in [9.17, 15) is 0 Å². The van der Waals surface area contributed by atoms with Crippen LogP contribution < -0.4 is 0 Å². The van der Waals surface area contributed by atoms with E-state index in [1.165, 1.54) is 39.4 Å². The molecular formula is C21H23N. The third kappa shape index (κ3) is 2.89. The smallest absolute Gasteiger partial charge is 0.0780 e. The molecule has 1 aromatic heterocycles. The van der Waals surface area contributed by atoms with Crippen molar-refractivity contribution in [2.45, 2.75) is 40.0 Å². The Balaban J connectivity index is 2.16. The molecule has 0 N–H and O–H groups in total. The summed E-state index contributed by atoms with van der Waals surface area (Å²) in [6.07, 6.45) is 5.31. The number of hydrogen-bond acceptors (Lipinski definition) is 1. The van der Waals surface area contributed by atoms with Crippen LogP contribution in [0.3, 0.4) is 0 Å². The number of aromatic nitrogens is 1. The van der Waals surface area contributed by atoms with E-state index >= 15 is 0 Å². The Morgan fingerprint density at radius 1 is 0.909 bits per heavy atom. The second-order valence-electron chi connectivity index (χ2n) is 6.03. The van der Waals surface area contributed by atoms with Crippen molar-refractivity contribution in [3.05, 3.63) is 65.4 Å². The van der Waals surface area contributed by atoms with Gasteiger partial charge in [-0.15, -0.1) is 0 Å². The Morgan fingerprint density at radius 3 is 2.55 bits per heavy atom. The first kappa shape index (κ1) is 14.8. The first-order valence-corrected chi connectivity index (χ1v) is 8.20. The molecule has 0 saturated heterocycles. The molecule has 2 aromatic carbocycles. The van der Waals surface area contributed by atoms with Gasteiger partial charge in [-0.05, 0) is 54.5 Å². The van der Waals surface area contributed by atoms with E-state index in [1.54, 1.807) is 0 Å². The Bertz CT molecular complexity index is 802. The van der Waals surface area contributed by atoms with Gasteiger partial charge >= 0.3 is 0 Å². The molecule has 0 fully saturated rings. The molecular weight excluding hydrogens is 266 g/mol. The third-order valence-corrected chi connectivity index (χ3v) is 4.19. The van der Waals surface area contributed by atoms with Crippen LogP contribution in [-0.4, -0.2) is 4.98 Å². The fourth-order valence-electron chi connectivity index (χ4n) is 3.10. The van der Waals surface area contributed by atoms with Crippen LogP contribution in [0.25, 0.3) is 22.0 Å². The number of pyridine rings is 1. The number of fused-ring (bicyclic) bond motifs is 1. The quantitative estimate of drug-likeness (QED) is 0.598. The Labute approximate surface area is 133 Å². The third-order valence-electron chi connectivity index (χ3n) is 4.19. The monoisotopic (exact) mass is 289 g/mol. The van der Waals surface area contributed by atoms with Crippen LogP contribution in [0.4, 0.5) is 0 Å². The van der Waals surface area contributed by atoms with Crippen molar-refractivity contribution in [1.82, 2.24) is 4.98 Å². The molecule has 0 radical (unpaired) electrons. The van der Waals surface area contributed by atoms with E-state index in [4.69, 9.17) is 0 Å². The molecule has 0 bridgehead atoms. The summed E-state index contributed by atoms with van der Waals surface area (Å²) in [6, 6.07) is 15.7. The van der Waals surface area contributed by atoms with Crippen LogP contribution in [0.1, 0.15) is 37.0 Å². The molecule has 0 aliphatic rings. The predicted octanol–water partition coefficient (Wildman–Crippen LogP) is 5.73. The maximum Gasteiger partial charge on any atom is 0.0780 e. The number of hydrogen-bond donors (Lipinski definition) is 0. The highest BCUT2D eigenvalue weighted by molar-refractivity contribution is 5.95. The van der Waals surface area contributed by atoms with Crippen molar-refractivity contribution in [2.24, 2.45) is 0 Å². The van der Waals surface area contributed by atoms with Gasteiger partial charge in [0.15, 0.2) is 0 Å². The lowest BCUT2D eigenvalue weighted by Gasteiger charge is -2.10. The lowest BCUT2D eigenvalue weighted by Crippen LogP contribution is -1.91. The summed E-state index contributed by atoms with van der Waals surface area (Å²) >= 11 is 0. The van der Waals surface area contributed by atoms with Crippen LogP contribution >= 0.6 is 0 Å². The molecule has 112 valence electrons. The van der Waals surface area contributed by atoms with Crippen molar-refractivity contribution in [2.75, 3.05) is 0 Å². The number of nitrogens with zero attached hydrogens (tertiary/aromatic N) is 1. The molecule has 0 aliphatic heterocycles. The number of benzene rings is 2. The normalized spacial score (nSPS) is 11.0. The first-order chi connectivity index (χ1) is 10.7. The zero-order valence-electron chi connectivity index (χ0n) is 13.7. The second-order valence-corrected chi connectivity index (χ2v) is 6.03. The van der Waals surface area contributed by atoms with Gasteiger partial charge in [-0.3, -0.25) is 4.98 Å². The number of rotatable bonds is 4. The fraction of sp³-hybridized carbons (Fsp3) is 0.286. The lowest BCUT2D eigenvalue weighted by atomic mass is 9.97. The zero-order valence-corrected chi connectivity index (χ0v) is 13.7. The van der Waals surface area contributed by atoms with E-state index in [1.807, 2.05) is 6.20 Å². The predicted molar refractivity (Wildman–Crippen MR) is 95.3 cm³/mol. The van der Waals surface area contributed by atoms with Gasteiger partial charge in [-0.1, -0.05) is 50.1 Å². The van der Waals surface area contributed by atoms with E-state index < -0.39 is 0 Å². The van der Waals surface area contributed by atoms with Crippen molar-refractivity contribution in [3.63, 3.8) is 0 Å². The van der Waals surface area contributed by atoms with E-state index in [-0.39, 0.29) is 0 Å². The summed E-state index contributed by atoms with van der Waals surface area (Å²) in [7, 11) is 0. The fourth-order valence-corrected chi connectivity index (χ4v) is 3.10. The van der Waals surface area contributed by atoms with Gasteiger partial charge < -0.3 is 0 Å². The minimum absolute atomic E-state index is 1.06. The maximum atomic E-state index is 4.67. The molecule has 0 unspecified atom stereocenters. The lowest BCUT2D eigenvalue weighted by molar-refractivity contribution is 0.923. The summed E-state index contributed by atoms with van der Waals surface area (Å²) in [5.74, 6) is 0. The highest BCUT2D eigenvalue weighted by atomic mass is 14.7. The number of aryl methyl sites for hydroxylation is 3. The summed E-state index contributed by atoms with van der Waals surface area (Å²) in [5, 5.41) is 2.53.